The van der Waals surface area contributed by atoms with Crippen LogP contribution in [0.3, 0.4) is 0 Å². The van der Waals surface area contributed by atoms with E-state index in [1.165, 1.54) is 0 Å². The molecule has 0 bridgehead atoms. The van der Waals surface area contributed by atoms with E-state index >= 15 is 0 Å². The van der Waals surface area contributed by atoms with E-state index in [-0.39, 0.29) is 16.9 Å². The highest BCUT2D eigenvalue weighted by Gasteiger charge is 2.43. The highest BCUT2D eigenvalue weighted by atomic mass is 14.8. The maximum absolute atomic E-state index is 6.31. The van der Waals surface area contributed by atoms with E-state index < -0.39 is 0 Å². The molecule has 2 nitrogen and oxygen atoms in total. The van der Waals surface area contributed by atoms with Crippen LogP contribution in [0.25, 0.3) is 0 Å². The number of rotatable bonds is 0. The Balaban J connectivity index is 3.30. The normalized spacial score (nSPS) is 33.0. The smallest absolute Gasteiger partial charge is 0.0369 e. The second kappa shape index (κ2) is 3.38. The summed E-state index contributed by atoms with van der Waals surface area (Å²) in [5.74, 6) is 0. The van der Waals surface area contributed by atoms with Gasteiger partial charge in [0.25, 0.3) is 0 Å². The van der Waals surface area contributed by atoms with Gasteiger partial charge in [0.05, 0.1) is 0 Å². The minimum absolute atomic E-state index is 0.0150. The van der Waals surface area contributed by atoms with Crippen LogP contribution in [0, 0.1) is 10.8 Å². The Morgan fingerprint density at radius 1 is 1.27 bits per heavy atom. The molecule has 2 unspecified atom stereocenters. The first kappa shape index (κ1) is 12.3. The topological polar surface area (TPSA) is 52.0 Å². The lowest BCUT2D eigenvalue weighted by molar-refractivity contribution is 0.142. The van der Waals surface area contributed by atoms with Crippen LogP contribution in [0.2, 0.25) is 0 Å². The van der Waals surface area contributed by atoms with Crippen molar-refractivity contribution < 1.29 is 0 Å². The van der Waals surface area contributed by atoms with Crippen LogP contribution >= 0.6 is 0 Å². The van der Waals surface area contributed by atoms with Gasteiger partial charge in [-0.15, -0.1) is 0 Å². The molecule has 0 fully saturated rings. The highest BCUT2D eigenvalue weighted by Crippen LogP contribution is 2.47. The molecule has 2 atom stereocenters. The van der Waals surface area contributed by atoms with E-state index in [1.54, 1.807) is 0 Å². The minimum atomic E-state index is -0.0238. The lowest BCUT2D eigenvalue weighted by Crippen LogP contribution is -2.50. The molecule has 0 heterocycles. The second-order valence-corrected chi connectivity index (χ2v) is 5.93. The predicted octanol–water partition coefficient (Wildman–Crippen LogP) is 2.56. The van der Waals surface area contributed by atoms with E-state index in [4.69, 9.17) is 11.5 Å². The first-order valence-electron chi connectivity index (χ1n) is 5.53. The fourth-order valence-corrected chi connectivity index (χ4v) is 2.23. The van der Waals surface area contributed by atoms with E-state index in [0.29, 0.717) is 0 Å². The zero-order valence-corrected chi connectivity index (χ0v) is 10.8. The van der Waals surface area contributed by atoms with Crippen LogP contribution in [0.4, 0.5) is 0 Å². The molecule has 1 aliphatic carbocycles. The maximum Gasteiger partial charge on any atom is 0.0369 e. The molecule has 0 amide bonds. The van der Waals surface area contributed by atoms with E-state index in [2.05, 4.69) is 40.7 Å². The average molecular weight is 208 g/mol. The summed E-state index contributed by atoms with van der Waals surface area (Å²) < 4.78 is 0. The summed E-state index contributed by atoms with van der Waals surface area (Å²) in [6.45, 7) is 13.0. The first-order valence-corrected chi connectivity index (χ1v) is 5.53. The van der Waals surface area contributed by atoms with Gasteiger partial charge in [-0.3, -0.25) is 0 Å². The molecule has 86 valence electrons. The number of hydrogen-bond donors (Lipinski definition) is 2. The Labute approximate surface area is 93.4 Å². The van der Waals surface area contributed by atoms with Crippen molar-refractivity contribution in [1.29, 1.82) is 0 Å². The van der Waals surface area contributed by atoms with Crippen LogP contribution in [0.5, 0.6) is 0 Å². The number of allylic oxidation sites excluding steroid dienone is 1. The molecule has 2 heteroatoms. The van der Waals surface area contributed by atoms with E-state index in [1.807, 2.05) is 6.92 Å². The lowest BCUT2D eigenvalue weighted by atomic mass is 9.59. The lowest BCUT2D eigenvalue weighted by Gasteiger charge is -2.47. The standard InChI is InChI=1S/C13H24N2/c1-8-7-13(6,12(3,4)5)11(15)9(2)10(8)14/h7,11H,14-15H2,1-6H3. The van der Waals surface area contributed by atoms with E-state index in [0.717, 1.165) is 16.8 Å². The van der Waals surface area contributed by atoms with Crippen LogP contribution in [0.1, 0.15) is 41.5 Å². The van der Waals surface area contributed by atoms with Crippen molar-refractivity contribution in [3.05, 3.63) is 22.9 Å². The fraction of sp³-hybridized carbons (Fsp3) is 0.692. The Morgan fingerprint density at radius 3 is 2.13 bits per heavy atom. The van der Waals surface area contributed by atoms with Gasteiger partial charge >= 0.3 is 0 Å². The van der Waals surface area contributed by atoms with Gasteiger partial charge in [0.2, 0.25) is 0 Å². The highest BCUT2D eigenvalue weighted by molar-refractivity contribution is 5.41. The Bertz CT molecular complexity index is 331. The van der Waals surface area contributed by atoms with Crippen LogP contribution in [-0.2, 0) is 0 Å². The Hall–Kier alpha value is -0.760. The summed E-state index contributed by atoms with van der Waals surface area (Å²) in [5, 5.41) is 0. The fourth-order valence-electron chi connectivity index (χ4n) is 2.23. The van der Waals surface area contributed by atoms with Gasteiger partial charge in [0.15, 0.2) is 0 Å². The SMILES string of the molecule is CC1=CC(C)(C(C)(C)C)C(N)C(C)=C1N. The van der Waals surface area contributed by atoms with Gasteiger partial charge in [-0.2, -0.15) is 0 Å². The molecular formula is C13H24N2. The van der Waals surface area contributed by atoms with Gasteiger partial charge in [-0.25, -0.2) is 0 Å². The summed E-state index contributed by atoms with van der Waals surface area (Å²) in [4.78, 5) is 0. The molecule has 1 aliphatic rings. The summed E-state index contributed by atoms with van der Waals surface area (Å²) in [6.07, 6.45) is 2.24. The van der Waals surface area contributed by atoms with Crippen molar-refractivity contribution in [3.63, 3.8) is 0 Å². The monoisotopic (exact) mass is 208 g/mol. The maximum atomic E-state index is 6.31. The van der Waals surface area contributed by atoms with Crippen molar-refractivity contribution in [2.75, 3.05) is 0 Å². The molecule has 15 heavy (non-hydrogen) atoms. The van der Waals surface area contributed by atoms with Gasteiger partial charge in [0, 0.05) is 17.2 Å². The molecule has 0 radical (unpaired) electrons. The Kier molecular flexibility index (Phi) is 2.77. The molecule has 4 N–H and O–H groups in total. The summed E-state index contributed by atoms with van der Waals surface area (Å²) >= 11 is 0. The molecular weight excluding hydrogens is 184 g/mol. The number of hydrogen-bond acceptors (Lipinski definition) is 2. The third-order valence-corrected chi connectivity index (χ3v) is 4.09. The first-order chi connectivity index (χ1) is 6.61. The summed E-state index contributed by atoms with van der Waals surface area (Å²) in [6, 6.07) is 0.0150. The third kappa shape index (κ3) is 1.71. The van der Waals surface area contributed by atoms with Crippen LogP contribution in [-0.4, -0.2) is 6.04 Å². The molecule has 0 saturated carbocycles. The van der Waals surface area contributed by atoms with Crippen LogP contribution < -0.4 is 11.5 Å². The second-order valence-electron chi connectivity index (χ2n) is 5.93. The van der Waals surface area contributed by atoms with Gasteiger partial charge in [-0.1, -0.05) is 33.8 Å². The van der Waals surface area contributed by atoms with Crippen molar-refractivity contribution in [2.24, 2.45) is 22.3 Å². The predicted molar refractivity (Wildman–Crippen MR) is 66.2 cm³/mol. The summed E-state index contributed by atoms with van der Waals surface area (Å²) in [7, 11) is 0. The van der Waals surface area contributed by atoms with E-state index in [9.17, 15) is 0 Å². The molecule has 0 aromatic heterocycles. The summed E-state index contributed by atoms with van der Waals surface area (Å²) in [5.41, 5.74) is 15.6. The zero-order valence-electron chi connectivity index (χ0n) is 10.8. The largest absolute Gasteiger partial charge is 0.399 e. The molecule has 0 spiro atoms. The van der Waals surface area contributed by atoms with Gasteiger partial charge < -0.3 is 11.5 Å². The third-order valence-electron chi connectivity index (χ3n) is 4.09. The molecule has 0 aromatic carbocycles. The minimum Gasteiger partial charge on any atom is -0.399 e. The molecule has 0 saturated heterocycles. The van der Waals surface area contributed by atoms with Crippen LogP contribution in [0.15, 0.2) is 22.9 Å². The van der Waals surface area contributed by atoms with Crippen molar-refractivity contribution in [2.45, 2.75) is 47.6 Å². The number of nitrogens with two attached hydrogens (primary N) is 2. The Morgan fingerprint density at radius 2 is 1.73 bits per heavy atom. The van der Waals surface area contributed by atoms with Crippen molar-refractivity contribution in [1.82, 2.24) is 0 Å². The van der Waals surface area contributed by atoms with Crippen molar-refractivity contribution in [3.8, 4) is 0 Å². The van der Waals surface area contributed by atoms with Crippen molar-refractivity contribution >= 4 is 0 Å². The molecule has 1 rings (SSSR count). The molecule has 0 aliphatic heterocycles. The zero-order chi connectivity index (χ0) is 12.0. The van der Waals surface area contributed by atoms with Gasteiger partial charge in [0.1, 0.15) is 0 Å². The quantitative estimate of drug-likeness (QED) is 0.643. The average Bonchev–Trinajstić information content (AvgIpc) is 2.10. The molecule has 0 aromatic rings. The van der Waals surface area contributed by atoms with Gasteiger partial charge in [-0.05, 0) is 30.4 Å².